The number of amides is 1. The first kappa shape index (κ1) is 16.4. The Bertz CT molecular complexity index is 758. The molecular weight excluding hydrogens is 304 g/mol. The van der Waals surface area contributed by atoms with E-state index in [4.69, 9.17) is 4.74 Å². The molecular formula is C18H24N4O2. The molecule has 1 saturated heterocycles. The van der Waals surface area contributed by atoms with E-state index in [1.807, 2.05) is 11.9 Å². The molecule has 0 spiro atoms. The molecule has 3 rings (SSSR count). The van der Waals surface area contributed by atoms with Crippen LogP contribution in [0.4, 0.5) is 11.5 Å². The third-order valence-corrected chi connectivity index (χ3v) is 4.48. The molecule has 6 heteroatoms. The normalized spacial score (nSPS) is 17.5. The molecule has 1 aliphatic heterocycles. The van der Waals surface area contributed by atoms with Crippen molar-refractivity contribution in [1.29, 1.82) is 0 Å². The van der Waals surface area contributed by atoms with Crippen molar-refractivity contribution in [1.82, 2.24) is 9.78 Å². The predicted octanol–water partition coefficient (Wildman–Crippen LogP) is 2.57. The average molecular weight is 328 g/mol. The summed E-state index contributed by atoms with van der Waals surface area (Å²) >= 11 is 0. The Balaban J connectivity index is 1.80. The first-order valence-corrected chi connectivity index (χ1v) is 8.14. The smallest absolute Gasteiger partial charge is 0.249 e. The molecule has 1 N–H and O–H groups in total. The second-order valence-corrected chi connectivity index (χ2v) is 6.42. The van der Waals surface area contributed by atoms with Gasteiger partial charge in [-0.2, -0.15) is 5.10 Å². The summed E-state index contributed by atoms with van der Waals surface area (Å²) in [4.78, 5) is 14.7. The summed E-state index contributed by atoms with van der Waals surface area (Å²) in [5, 5.41) is 7.57. The second-order valence-electron chi connectivity index (χ2n) is 6.42. The summed E-state index contributed by atoms with van der Waals surface area (Å²) in [5.74, 6) is 1.41. The van der Waals surface area contributed by atoms with Crippen molar-refractivity contribution in [3.63, 3.8) is 0 Å². The number of hydrogen-bond donors (Lipinski definition) is 1. The Hall–Kier alpha value is -2.50. The molecule has 0 radical (unpaired) electrons. The number of aryl methyl sites for hydroxylation is 4. The highest BCUT2D eigenvalue weighted by molar-refractivity contribution is 6.02. The maximum atomic E-state index is 12.9. The van der Waals surface area contributed by atoms with Crippen LogP contribution in [-0.2, 0) is 11.8 Å². The lowest BCUT2D eigenvalue weighted by molar-refractivity contribution is -0.117. The van der Waals surface area contributed by atoms with E-state index >= 15 is 0 Å². The second kappa shape index (κ2) is 6.19. The van der Waals surface area contributed by atoms with Crippen LogP contribution in [-0.4, -0.2) is 35.4 Å². The monoisotopic (exact) mass is 328 g/mol. The lowest BCUT2D eigenvalue weighted by Crippen LogP contribution is -2.34. The average Bonchev–Trinajstić information content (AvgIpc) is 3.03. The molecule has 1 aromatic carbocycles. The van der Waals surface area contributed by atoms with Crippen LogP contribution in [0, 0.1) is 20.8 Å². The zero-order chi connectivity index (χ0) is 17.4. The molecule has 128 valence electrons. The van der Waals surface area contributed by atoms with Gasteiger partial charge < -0.3 is 15.0 Å². The number of anilines is 2. The fourth-order valence-electron chi connectivity index (χ4n) is 3.52. The van der Waals surface area contributed by atoms with Gasteiger partial charge in [-0.25, -0.2) is 4.68 Å². The first-order chi connectivity index (χ1) is 11.4. The van der Waals surface area contributed by atoms with E-state index in [1.54, 1.807) is 17.9 Å². The molecule has 0 saturated carbocycles. The highest BCUT2D eigenvalue weighted by Crippen LogP contribution is 2.31. The molecule has 1 aromatic heterocycles. The summed E-state index contributed by atoms with van der Waals surface area (Å²) in [5.41, 5.74) is 4.53. The van der Waals surface area contributed by atoms with E-state index < -0.39 is 0 Å². The molecule has 2 aromatic rings. The number of carbonyl (C=O) groups is 1. The zero-order valence-corrected chi connectivity index (χ0v) is 14.9. The maximum absolute atomic E-state index is 12.9. The molecule has 1 atom stereocenters. The standard InChI is InChI=1S/C18H24N4O2/c1-11-8-12(2)17(13(3)9-11)22-7-6-14(18(22)23)19-15-10-16(24-5)21(4)20-15/h8-10,14H,6-7H2,1-5H3,(H,19,20). The van der Waals surface area contributed by atoms with Crippen LogP contribution < -0.4 is 15.0 Å². The Kier molecular flexibility index (Phi) is 4.22. The molecule has 1 unspecified atom stereocenters. The van der Waals surface area contributed by atoms with Crippen LogP contribution in [0.15, 0.2) is 18.2 Å². The topological polar surface area (TPSA) is 59.4 Å². The van der Waals surface area contributed by atoms with E-state index in [0.717, 1.165) is 23.2 Å². The predicted molar refractivity (Wildman–Crippen MR) is 94.8 cm³/mol. The van der Waals surface area contributed by atoms with Gasteiger partial charge in [-0.15, -0.1) is 0 Å². The number of nitrogens with zero attached hydrogens (tertiary/aromatic N) is 3. The van der Waals surface area contributed by atoms with Crippen molar-refractivity contribution in [3.05, 3.63) is 34.9 Å². The van der Waals surface area contributed by atoms with Gasteiger partial charge in [-0.05, 0) is 38.3 Å². The molecule has 24 heavy (non-hydrogen) atoms. The minimum absolute atomic E-state index is 0.0923. The van der Waals surface area contributed by atoms with Crippen LogP contribution in [0.1, 0.15) is 23.1 Å². The van der Waals surface area contributed by atoms with E-state index in [1.165, 1.54) is 5.56 Å². The molecule has 0 bridgehead atoms. The number of ether oxygens (including phenoxy) is 1. The van der Waals surface area contributed by atoms with E-state index in [-0.39, 0.29) is 11.9 Å². The van der Waals surface area contributed by atoms with E-state index in [0.29, 0.717) is 18.2 Å². The summed E-state index contributed by atoms with van der Waals surface area (Å²) in [6, 6.07) is 5.79. The minimum atomic E-state index is -0.260. The first-order valence-electron chi connectivity index (χ1n) is 8.14. The fraction of sp³-hybridized carbons (Fsp3) is 0.444. The van der Waals surface area contributed by atoms with Crippen molar-refractivity contribution < 1.29 is 9.53 Å². The van der Waals surface area contributed by atoms with Gasteiger partial charge in [0.1, 0.15) is 6.04 Å². The van der Waals surface area contributed by atoms with Crippen molar-refractivity contribution in [2.75, 3.05) is 23.9 Å². The molecule has 6 nitrogen and oxygen atoms in total. The highest BCUT2D eigenvalue weighted by atomic mass is 16.5. The number of rotatable bonds is 4. The van der Waals surface area contributed by atoms with Gasteiger partial charge in [-0.3, -0.25) is 4.79 Å². The largest absolute Gasteiger partial charge is 0.481 e. The third kappa shape index (κ3) is 2.84. The van der Waals surface area contributed by atoms with Gasteiger partial charge in [0.15, 0.2) is 5.82 Å². The molecule has 1 aliphatic rings. The van der Waals surface area contributed by atoms with Crippen molar-refractivity contribution in [2.24, 2.45) is 7.05 Å². The molecule has 1 amide bonds. The zero-order valence-electron chi connectivity index (χ0n) is 14.9. The van der Waals surface area contributed by atoms with Gasteiger partial charge in [0.05, 0.1) is 7.11 Å². The summed E-state index contributed by atoms with van der Waals surface area (Å²) in [7, 11) is 3.41. The van der Waals surface area contributed by atoms with Gasteiger partial charge in [-0.1, -0.05) is 17.7 Å². The van der Waals surface area contributed by atoms with Gasteiger partial charge in [0.25, 0.3) is 0 Å². The number of nitrogens with one attached hydrogen (secondary N) is 1. The summed E-state index contributed by atoms with van der Waals surface area (Å²) in [6.45, 7) is 6.92. The van der Waals surface area contributed by atoms with Crippen LogP contribution in [0.5, 0.6) is 5.88 Å². The Morgan fingerprint density at radius 3 is 2.46 bits per heavy atom. The van der Waals surface area contributed by atoms with Crippen molar-refractivity contribution >= 4 is 17.4 Å². The third-order valence-electron chi connectivity index (χ3n) is 4.48. The van der Waals surface area contributed by atoms with Crippen LogP contribution in [0.3, 0.4) is 0 Å². The maximum Gasteiger partial charge on any atom is 0.249 e. The fourth-order valence-corrected chi connectivity index (χ4v) is 3.52. The molecule has 1 fully saturated rings. The lowest BCUT2D eigenvalue weighted by Gasteiger charge is -2.22. The Morgan fingerprint density at radius 1 is 1.21 bits per heavy atom. The molecule has 2 heterocycles. The van der Waals surface area contributed by atoms with E-state index in [9.17, 15) is 4.79 Å². The van der Waals surface area contributed by atoms with Gasteiger partial charge in [0.2, 0.25) is 11.8 Å². The van der Waals surface area contributed by atoms with Gasteiger partial charge >= 0.3 is 0 Å². The number of aromatic nitrogens is 2. The van der Waals surface area contributed by atoms with Crippen LogP contribution in [0.25, 0.3) is 0 Å². The Morgan fingerprint density at radius 2 is 1.88 bits per heavy atom. The number of benzene rings is 1. The lowest BCUT2D eigenvalue weighted by atomic mass is 10.0. The number of hydrogen-bond acceptors (Lipinski definition) is 4. The van der Waals surface area contributed by atoms with Crippen LogP contribution in [0.2, 0.25) is 0 Å². The summed E-state index contributed by atoms with van der Waals surface area (Å²) < 4.78 is 6.86. The quantitative estimate of drug-likeness (QED) is 0.937. The van der Waals surface area contributed by atoms with Crippen LogP contribution >= 0.6 is 0 Å². The SMILES string of the molecule is COc1cc(NC2CCN(c3c(C)cc(C)cc3C)C2=O)nn1C. The van der Waals surface area contributed by atoms with Crippen molar-refractivity contribution in [2.45, 2.75) is 33.2 Å². The summed E-state index contributed by atoms with van der Waals surface area (Å²) in [6.07, 6.45) is 0.754. The number of carbonyl (C=O) groups excluding carboxylic acids is 1. The minimum Gasteiger partial charge on any atom is -0.481 e. The van der Waals surface area contributed by atoms with Gasteiger partial charge in [0, 0.05) is 25.3 Å². The van der Waals surface area contributed by atoms with Crippen molar-refractivity contribution in [3.8, 4) is 5.88 Å². The highest BCUT2D eigenvalue weighted by Gasteiger charge is 2.34. The Labute approximate surface area is 142 Å². The molecule has 0 aliphatic carbocycles. The van der Waals surface area contributed by atoms with E-state index in [2.05, 4.69) is 43.3 Å². The number of methoxy groups -OCH3 is 1.